The highest BCUT2D eigenvalue weighted by atomic mass is 16.6. The van der Waals surface area contributed by atoms with Gasteiger partial charge in [-0.1, -0.05) is 88.3 Å². The number of likely N-dealkylation sites (tertiary alicyclic amines) is 2. The number of aromatic hydroxyl groups is 1. The van der Waals surface area contributed by atoms with Crippen molar-refractivity contribution in [1.82, 2.24) is 9.80 Å². The van der Waals surface area contributed by atoms with Crippen LogP contribution in [0.5, 0.6) is 5.75 Å². The Balaban J connectivity index is 2.52. The van der Waals surface area contributed by atoms with Crippen LogP contribution >= 0.6 is 0 Å². The summed E-state index contributed by atoms with van der Waals surface area (Å²) < 4.78 is 7.02. The van der Waals surface area contributed by atoms with Gasteiger partial charge in [0, 0.05) is 29.3 Å². The molecule has 2 N–H and O–H groups in total. The maximum absolute atomic E-state index is 14.0. The van der Waals surface area contributed by atoms with E-state index in [1.807, 2.05) is 0 Å². The molecule has 280 valence electrons. The van der Waals surface area contributed by atoms with E-state index in [0.29, 0.717) is 12.2 Å². The van der Waals surface area contributed by atoms with Crippen molar-refractivity contribution in [3.05, 3.63) is 28.8 Å². The number of esters is 1. The fraction of sp³-hybridized carbons (Fsp3) is 0.810. The molecule has 7 nitrogen and oxygen atoms in total. The number of phenolic OH excluding ortho intramolecular Hbond substituents is 1. The zero-order valence-corrected chi connectivity index (χ0v) is 34.4. The maximum atomic E-state index is 14.0. The number of phenols is 1. The van der Waals surface area contributed by atoms with Gasteiger partial charge in [0.2, 0.25) is 0 Å². The lowest BCUT2D eigenvalue weighted by molar-refractivity contribution is -0.223. The molecule has 1 aromatic carbocycles. The van der Waals surface area contributed by atoms with E-state index in [9.17, 15) is 19.8 Å². The maximum Gasteiger partial charge on any atom is 0.317 e. The first-order valence-corrected chi connectivity index (χ1v) is 18.7. The van der Waals surface area contributed by atoms with Crippen molar-refractivity contribution in [2.24, 2.45) is 28.6 Å². The fourth-order valence-corrected chi connectivity index (χ4v) is 9.66. The molecule has 4 unspecified atom stereocenters. The van der Waals surface area contributed by atoms with E-state index in [1.165, 1.54) is 0 Å². The number of hydrogen-bond donors (Lipinski definition) is 2. The summed E-state index contributed by atoms with van der Waals surface area (Å²) in [6.45, 7) is 35.4. The predicted molar refractivity (Wildman–Crippen MR) is 201 cm³/mol. The highest BCUT2D eigenvalue weighted by Gasteiger charge is 2.64. The second-order valence-electron chi connectivity index (χ2n) is 19.9. The van der Waals surface area contributed by atoms with Crippen LogP contribution in [0, 0.1) is 28.6 Å². The molecular weight excluding hydrogens is 612 g/mol. The number of ether oxygens (including phenoxy) is 1. The fourth-order valence-electron chi connectivity index (χ4n) is 9.66. The number of hydrogen-bond acceptors (Lipinski definition) is 6. The van der Waals surface area contributed by atoms with Gasteiger partial charge in [-0.25, -0.2) is 0 Å². The Bertz CT molecular complexity index is 1340. The van der Waals surface area contributed by atoms with Gasteiger partial charge in [-0.15, -0.1) is 0 Å². The Morgan fingerprint density at radius 2 is 1.29 bits per heavy atom. The standard InChI is InChI=1S/C42H72N2O5/c1-18-28(29-19-21-43(16)40(12,13)38(29,8)9)42(49-34(47)25-33(45)46,32-20-22-44(17)41(14,15)39(32,10)11)26-27-23-30(36(2,3)4)35(48)31(24-27)37(5,6)7/h23-24,28-29,32,48H,18-22,25-26H2,1-17H3,(H,45,46). The van der Waals surface area contributed by atoms with E-state index in [1.54, 1.807) is 0 Å². The van der Waals surface area contributed by atoms with E-state index < -0.39 is 24.0 Å². The number of carboxylic acid groups (broad SMARTS) is 1. The van der Waals surface area contributed by atoms with Crippen molar-refractivity contribution in [3.63, 3.8) is 0 Å². The van der Waals surface area contributed by atoms with Crippen LogP contribution in [-0.4, -0.2) is 75.8 Å². The summed E-state index contributed by atoms with van der Waals surface area (Å²) in [6.07, 6.45) is 2.33. The smallest absolute Gasteiger partial charge is 0.317 e. The van der Waals surface area contributed by atoms with Gasteiger partial charge in [0.25, 0.3) is 0 Å². The topological polar surface area (TPSA) is 90.3 Å². The van der Waals surface area contributed by atoms with Crippen LogP contribution < -0.4 is 0 Å². The average molecular weight is 685 g/mol. The molecule has 7 heteroatoms. The third-order valence-corrected chi connectivity index (χ3v) is 14.4. The summed E-state index contributed by atoms with van der Waals surface area (Å²) in [5.41, 5.74) is 0.252. The molecular formula is C42H72N2O5. The molecule has 3 rings (SSSR count). The van der Waals surface area contributed by atoms with Crippen molar-refractivity contribution >= 4 is 11.9 Å². The first-order chi connectivity index (χ1) is 22.0. The number of rotatable bonds is 9. The number of carbonyl (C=O) groups is 2. The summed E-state index contributed by atoms with van der Waals surface area (Å²) in [4.78, 5) is 31.0. The first kappa shape index (κ1) is 41.3. The molecule has 2 saturated heterocycles. The molecule has 49 heavy (non-hydrogen) atoms. The summed E-state index contributed by atoms with van der Waals surface area (Å²) >= 11 is 0. The highest BCUT2D eigenvalue weighted by molar-refractivity contribution is 5.90. The monoisotopic (exact) mass is 685 g/mol. The Labute approximate surface area is 299 Å². The molecule has 0 bridgehead atoms. The van der Waals surface area contributed by atoms with Crippen LogP contribution in [0.2, 0.25) is 0 Å². The molecule has 2 aliphatic heterocycles. The van der Waals surface area contributed by atoms with Gasteiger partial charge in [-0.05, 0) is 118 Å². The quantitative estimate of drug-likeness (QED) is 0.198. The zero-order valence-electron chi connectivity index (χ0n) is 34.4. The minimum atomic E-state index is -1.18. The molecule has 2 fully saturated rings. The number of piperidine rings is 2. The third-order valence-electron chi connectivity index (χ3n) is 14.4. The lowest BCUT2D eigenvalue weighted by atomic mass is 9.48. The van der Waals surface area contributed by atoms with Crippen molar-refractivity contribution in [3.8, 4) is 5.75 Å². The molecule has 0 amide bonds. The van der Waals surface area contributed by atoms with Crippen LogP contribution in [0.15, 0.2) is 12.1 Å². The van der Waals surface area contributed by atoms with Crippen molar-refractivity contribution in [2.45, 2.75) is 163 Å². The Morgan fingerprint density at radius 1 is 0.837 bits per heavy atom. The summed E-state index contributed by atoms with van der Waals surface area (Å²) in [6, 6.07) is 4.27. The highest BCUT2D eigenvalue weighted by Crippen LogP contribution is 2.60. The Morgan fingerprint density at radius 3 is 1.71 bits per heavy atom. The normalized spacial score (nSPS) is 26.1. The second kappa shape index (κ2) is 13.5. The average Bonchev–Trinajstić information content (AvgIpc) is 2.92. The van der Waals surface area contributed by atoms with Crippen molar-refractivity contribution in [1.29, 1.82) is 0 Å². The largest absolute Gasteiger partial charge is 0.507 e. The summed E-state index contributed by atoms with van der Waals surface area (Å²) in [7, 11) is 4.39. The lowest BCUT2D eigenvalue weighted by Gasteiger charge is -2.65. The second-order valence-corrected chi connectivity index (χ2v) is 19.9. The molecule has 0 saturated carbocycles. The number of nitrogens with zero attached hydrogens (tertiary/aromatic N) is 2. The van der Waals surface area contributed by atoms with Crippen LogP contribution in [0.25, 0.3) is 0 Å². The van der Waals surface area contributed by atoms with Crippen molar-refractivity contribution in [2.75, 3.05) is 27.2 Å². The van der Waals surface area contributed by atoms with Crippen molar-refractivity contribution < 1.29 is 24.5 Å². The molecule has 4 atom stereocenters. The van der Waals surface area contributed by atoms with Gasteiger partial charge in [0.05, 0.1) is 0 Å². The van der Waals surface area contributed by atoms with Gasteiger partial charge >= 0.3 is 11.9 Å². The van der Waals surface area contributed by atoms with E-state index in [4.69, 9.17) is 4.74 Å². The molecule has 1 aromatic rings. The van der Waals surface area contributed by atoms with Gasteiger partial charge in [-0.2, -0.15) is 0 Å². The zero-order chi connectivity index (χ0) is 37.9. The van der Waals surface area contributed by atoms with E-state index >= 15 is 0 Å². The number of benzene rings is 1. The van der Waals surface area contributed by atoms with E-state index in [-0.39, 0.29) is 50.5 Å². The number of carbonyl (C=O) groups excluding carboxylic acids is 1. The van der Waals surface area contributed by atoms with Gasteiger partial charge in [-0.3, -0.25) is 9.59 Å². The first-order valence-electron chi connectivity index (χ1n) is 18.7. The Hall–Kier alpha value is -2.12. The molecule has 0 spiro atoms. The molecule has 0 aromatic heterocycles. The van der Waals surface area contributed by atoms with Crippen LogP contribution in [0.4, 0.5) is 0 Å². The molecule has 0 radical (unpaired) electrons. The molecule has 0 aliphatic carbocycles. The lowest BCUT2D eigenvalue weighted by Crippen LogP contribution is -2.69. The minimum absolute atomic E-state index is 0.0540. The third kappa shape index (κ3) is 7.32. The molecule has 2 heterocycles. The Kier molecular flexibility index (Phi) is 11.3. The van der Waals surface area contributed by atoms with Crippen LogP contribution in [0.1, 0.15) is 146 Å². The van der Waals surface area contributed by atoms with E-state index in [0.717, 1.165) is 49.0 Å². The van der Waals surface area contributed by atoms with E-state index in [2.05, 4.69) is 140 Å². The van der Waals surface area contributed by atoms with Crippen LogP contribution in [-0.2, 0) is 31.6 Å². The summed E-state index contributed by atoms with van der Waals surface area (Å²) in [5.74, 6) is -1.46. The predicted octanol–water partition coefficient (Wildman–Crippen LogP) is 8.83. The van der Waals surface area contributed by atoms with Gasteiger partial charge < -0.3 is 24.7 Å². The number of aliphatic carboxylic acids is 1. The summed E-state index contributed by atoms with van der Waals surface area (Å²) in [5, 5.41) is 21.6. The minimum Gasteiger partial charge on any atom is -0.507 e. The molecule has 2 aliphatic rings. The van der Waals surface area contributed by atoms with Gasteiger partial charge in [0.1, 0.15) is 17.8 Å². The van der Waals surface area contributed by atoms with Crippen LogP contribution in [0.3, 0.4) is 0 Å². The SMILES string of the molecule is CCC(C1CCN(C)C(C)(C)C1(C)C)C(Cc1cc(C(C)(C)C)c(O)c(C(C)(C)C)c1)(OC(=O)CC(=O)O)C1CCN(C)C(C)(C)C1(C)C. The van der Waals surface area contributed by atoms with Gasteiger partial charge in [0.15, 0.2) is 0 Å². The number of carboxylic acids is 1.